The predicted octanol–water partition coefficient (Wildman–Crippen LogP) is 1.94. The Bertz CT molecular complexity index is 356. The van der Waals surface area contributed by atoms with Gasteiger partial charge in [-0.3, -0.25) is 4.79 Å². The molecule has 0 N–H and O–H groups in total. The number of alkyl halides is 1. The first-order valence-electron chi connectivity index (χ1n) is 6.25. The summed E-state index contributed by atoms with van der Waals surface area (Å²) in [6.07, 6.45) is 0.824. The molecular formula is C14H20FNO3. The second kappa shape index (κ2) is 9.47. The van der Waals surface area contributed by atoms with Crippen molar-refractivity contribution >= 4 is 12.0 Å². The van der Waals surface area contributed by atoms with Gasteiger partial charge in [0.05, 0.1) is 26.4 Å². The molecule has 0 saturated carbocycles. The van der Waals surface area contributed by atoms with Crippen LogP contribution in [0.5, 0.6) is 0 Å². The number of hydrogen-bond donors (Lipinski definition) is 0. The monoisotopic (exact) mass is 269 g/mol. The van der Waals surface area contributed by atoms with Crippen molar-refractivity contribution in [1.29, 1.82) is 0 Å². The van der Waals surface area contributed by atoms with Crippen LogP contribution in [0.4, 0.5) is 10.1 Å². The number of carbonyl (C=O) groups is 1. The van der Waals surface area contributed by atoms with Gasteiger partial charge in [-0.2, -0.15) is 0 Å². The molecule has 19 heavy (non-hydrogen) atoms. The van der Waals surface area contributed by atoms with E-state index in [0.29, 0.717) is 25.4 Å². The molecule has 0 radical (unpaired) electrons. The van der Waals surface area contributed by atoms with E-state index in [9.17, 15) is 9.18 Å². The Morgan fingerprint density at radius 3 is 2.32 bits per heavy atom. The molecule has 0 fully saturated rings. The molecule has 1 aromatic rings. The summed E-state index contributed by atoms with van der Waals surface area (Å²) in [4.78, 5) is 12.6. The molecule has 5 heteroatoms. The van der Waals surface area contributed by atoms with Crippen LogP contribution in [-0.4, -0.2) is 53.0 Å². The highest BCUT2D eigenvalue weighted by Gasteiger charge is 2.00. The Labute approximate surface area is 113 Å². The average molecular weight is 269 g/mol. The molecule has 0 aromatic heterocycles. The molecule has 1 rings (SSSR count). The van der Waals surface area contributed by atoms with Crippen LogP contribution in [0.2, 0.25) is 0 Å². The van der Waals surface area contributed by atoms with Crippen LogP contribution in [0.1, 0.15) is 10.4 Å². The smallest absolute Gasteiger partial charge is 0.150 e. The van der Waals surface area contributed by atoms with Crippen LogP contribution >= 0.6 is 0 Å². The third-order valence-corrected chi connectivity index (χ3v) is 2.63. The highest BCUT2D eigenvalue weighted by atomic mass is 19.1. The van der Waals surface area contributed by atoms with Gasteiger partial charge in [-0.1, -0.05) is 0 Å². The van der Waals surface area contributed by atoms with E-state index < -0.39 is 6.67 Å². The lowest BCUT2D eigenvalue weighted by Crippen LogP contribution is -2.23. The summed E-state index contributed by atoms with van der Waals surface area (Å²) >= 11 is 0. The normalized spacial score (nSPS) is 10.4. The Morgan fingerprint density at radius 1 is 1.11 bits per heavy atom. The molecule has 0 aliphatic rings. The third kappa shape index (κ3) is 6.31. The van der Waals surface area contributed by atoms with Crippen molar-refractivity contribution in [2.24, 2.45) is 0 Å². The zero-order chi connectivity index (χ0) is 13.9. The van der Waals surface area contributed by atoms with Gasteiger partial charge >= 0.3 is 0 Å². The first-order chi connectivity index (χ1) is 9.27. The zero-order valence-electron chi connectivity index (χ0n) is 11.2. The molecule has 106 valence electrons. The fourth-order valence-corrected chi connectivity index (χ4v) is 1.51. The second-order valence-corrected chi connectivity index (χ2v) is 4.04. The minimum Gasteiger partial charge on any atom is -0.377 e. The van der Waals surface area contributed by atoms with Crippen LogP contribution in [0.15, 0.2) is 24.3 Å². The van der Waals surface area contributed by atoms with E-state index in [-0.39, 0.29) is 6.61 Å². The van der Waals surface area contributed by atoms with E-state index in [2.05, 4.69) is 0 Å². The zero-order valence-corrected chi connectivity index (χ0v) is 11.2. The summed E-state index contributed by atoms with van der Waals surface area (Å²) < 4.78 is 22.0. The molecule has 1 aromatic carbocycles. The van der Waals surface area contributed by atoms with Gasteiger partial charge < -0.3 is 14.4 Å². The highest BCUT2D eigenvalue weighted by Crippen LogP contribution is 2.12. The maximum absolute atomic E-state index is 11.7. The fourth-order valence-electron chi connectivity index (χ4n) is 1.51. The maximum Gasteiger partial charge on any atom is 0.150 e. The van der Waals surface area contributed by atoms with Gasteiger partial charge in [0.15, 0.2) is 0 Å². The van der Waals surface area contributed by atoms with Crippen molar-refractivity contribution in [3.63, 3.8) is 0 Å². The van der Waals surface area contributed by atoms with E-state index in [1.165, 1.54) is 0 Å². The van der Waals surface area contributed by atoms with Crippen molar-refractivity contribution in [2.75, 3.05) is 51.6 Å². The lowest BCUT2D eigenvalue weighted by atomic mass is 10.2. The summed E-state index contributed by atoms with van der Waals surface area (Å²) in [5.41, 5.74) is 1.70. The third-order valence-electron chi connectivity index (χ3n) is 2.63. The van der Waals surface area contributed by atoms with Crippen LogP contribution in [-0.2, 0) is 9.47 Å². The Kier molecular flexibility index (Phi) is 7.77. The van der Waals surface area contributed by atoms with Crippen molar-refractivity contribution in [3.8, 4) is 0 Å². The molecule has 0 unspecified atom stereocenters. The van der Waals surface area contributed by atoms with Gasteiger partial charge in [0.25, 0.3) is 0 Å². The molecule has 0 aliphatic heterocycles. The molecule has 0 heterocycles. The Morgan fingerprint density at radius 2 is 1.74 bits per heavy atom. The number of likely N-dealkylation sites (N-methyl/N-ethyl adjacent to an activating group) is 1. The van der Waals surface area contributed by atoms with Crippen molar-refractivity contribution in [2.45, 2.75) is 0 Å². The molecule has 0 spiro atoms. The summed E-state index contributed by atoms with van der Waals surface area (Å²) in [7, 11) is 1.96. The molecule has 0 aliphatic carbocycles. The van der Waals surface area contributed by atoms with Gasteiger partial charge in [0, 0.05) is 24.8 Å². The van der Waals surface area contributed by atoms with E-state index in [0.717, 1.165) is 18.5 Å². The van der Waals surface area contributed by atoms with Crippen molar-refractivity contribution in [3.05, 3.63) is 29.8 Å². The van der Waals surface area contributed by atoms with E-state index >= 15 is 0 Å². The van der Waals surface area contributed by atoms with Crippen LogP contribution < -0.4 is 4.90 Å². The van der Waals surface area contributed by atoms with Gasteiger partial charge in [-0.15, -0.1) is 0 Å². The van der Waals surface area contributed by atoms with E-state index in [4.69, 9.17) is 9.47 Å². The summed E-state index contributed by atoms with van der Waals surface area (Å²) in [6, 6.07) is 7.36. The molecule has 0 atom stereocenters. The molecule has 0 saturated heterocycles. The highest BCUT2D eigenvalue weighted by molar-refractivity contribution is 5.75. The largest absolute Gasteiger partial charge is 0.377 e. The number of rotatable bonds is 10. The molecule has 4 nitrogen and oxygen atoms in total. The van der Waals surface area contributed by atoms with Crippen LogP contribution in [0, 0.1) is 0 Å². The predicted molar refractivity (Wildman–Crippen MR) is 72.7 cm³/mol. The number of halogens is 1. The number of ether oxygens (including phenoxy) is 2. The second-order valence-electron chi connectivity index (χ2n) is 4.04. The minimum atomic E-state index is -0.459. The SMILES string of the molecule is CN(CCOCCOCCF)c1ccc(C=O)cc1. The molecule has 0 bridgehead atoms. The summed E-state index contributed by atoms with van der Waals surface area (Å²) in [5.74, 6) is 0. The summed E-state index contributed by atoms with van der Waals surface area (Å²) in [6.45, 7) is 1.87. The van der Waals surface area contributed by atoms with Gasteiger partial charge in [-0.25, -0.2) is 4.39 Å². The van der Waals surface area contributed by atoms with Crippen molar-refractivity contribution in [1.82, 2.24) is 0 Å². The standard InChI is InChI=1S/C14H20FNO3/c1-16(7-9-19-11-10-18-8-6-15)14-4-2-13(12-17)3-5-14/h2-5,12H,6-11H2,1H3. The maximum atomic E-state index is 11.7. The number of nitrogens with zero attached hydrogens (tertiary/aromatic N) is 1. The quantitative estimate of drug-likeness (QED) is 0.480. The Hall–Kier alpha value is -1.46. The lowest BCUT2D eigenvalue weighted by Gasteiger charge is -2.19. The first-order valence-corrected chi connectivity index (χ1v) is 6.25. The van der Waals surface area contributed by atoms with Gasteiger partial charge in [0.1, 0.15) is 13.0 Å². The number of aldehydes is 1. The van der Waals surface area contributed by atoms with E-state index in [1.807, 2.05) is 24.1 Å². The fraction of sp³-hybridized carbons (Fsp3) is 0.500. The topological polar surface area (TPSA) is 38.8 Å². The average Bonchev–Trinajstić information content (AvgIpc) is 2.46. The van der Waals surface area contributed by atoms with Gasteiger partial charge in [-0.05, 0) is 24.3 Å². The molecular weight excluding hydrogens is 249 g/mol. The van der Waals surface area contributed by atoms with Crippen LogP contribution in [0.25, 0.3) is 0 Å². The van der Waals surface area contributed by atoms with Crippen molar-refractivity contribution < 1.29 is 18.7 Å². The van der Waals surface area contributed by atoms with Crippen LogP contribution in [0.3, 0.4) is 0 Å². The number of carbonyl (C=O) groups excluding carboxylic acids is 1. The minimum absolute atomic E-state index is 0.131. The lowest BCUT2D eigenvalue weighted by molar-refractivity contribution is 0.0454. The number of hydrogen-bond acceptors (Lipinski definition) is 4. The van der Waals surface area contributed by atoms with Gasteiger partial charge in [0.2, 0.25) is 0 Å². The number of benzene rings is 1. The summed E-state index contributed by atoms with van der Waals surface area (Å²) in [5, 5.41) is 0. The molecule has 0 amide bonds. The van der Waals surface area contributed by atoms with E-state index in [1.54, 1.807) is 12.1 Å². The Balaban J connectivity index is 2.16. The first kappa shape index (κ1) is 15.6. The number of anilines is 1.